The van der Waals surface area contributed by atoms with Crippen molar-refractivity contribution in [1.82, 2.24) is 4.98 Å². The highest BCUT2D eigenvalue weighted by Gasteiger charge is 2.06. The van der Waals surface area contributed by atoms with E-state index in [1.165, 1.54) is 0 Å². The summed E-state index contributed by atoms with van der Waals surface area (Å²) in [5.74, 6) is 0. The van der Waals surface area contributed by atoms with Crippen molar-refractivity contribution in [3.05, 3.63) is 46.8 Å². The topological polar surface area (TPSA) is 46.0 Å². The van der Waals surface area contributed by atoms with Crippen LogP contribution in [0.3, 0.4) is 0 Å². The summed E-state index contributed by atoms with van der Waals surface area (Å²) >= 11 is 0. The minimum atomic E-state index is 0.0168. The molecule has 0 spiro atoms. The molecule has 0 aliphatic heterocycles. The van der Waals surface area contributed by atoms with Crippen molar-refractivity contribution in [1.29, 1.82) is 0 Å². The predicted octanol–water partition coefficient (Wildman–Crippen LogP) is 2.27. The van der Waals surface area contributed by atoms with Crippen LogP contribution in [0.4, 0.5) is 0 Å². The van der Waals surface area contributed by atoms with Crippen LogP contribution in [0.1, 0.15) is 0 Å². The Labute approximate surface area is 79.0 Å². The first-order chi connectivity index (χ1) is 6.86. The molecule has 2 heterocycles. The molecule has 0 saturated carbocycles. The van der Waals surface area contributed by atoms with Gasteiger partial charge in [0.1, 0.15) is 5.58 Å². The number of aromatic nitrogens is 1. The number of hydrogen-bond acceptors (Lipinski definition) is 2. The highest BCUT2D eigenvalue weighted by atomic mass is 16.3. The van der Waals surface area contributed by atoms with E-state index in [1.54, 1.807) is 24.4 Å². The third-order valence-electron chi connectivity index (χ3n) is 2.30. The van der Waals surface area contributed by atoms with Gasteiger partial charge in [0.25, 0.3) is 0 Å². The van der Waals surface area contributed by atoms with Gasteiger partial charge in [-0.05, 0) is 18.2 Å². The molecule has 1 aromatic carbocycles. The summed E-state index contributed by atoms with van der Waals surface area (Å²) in [5, 5.41) is 1.23. The number of benzene rings is 1. The van der Waals surface area contributed by atoms with Crippen LogP contribution in [-0.2, 0) is 0 Å². The fourth-order valence-corrected chi connectivity index (χ4v) is 1.62. The van der Waals surface area contributed by atoms with Crippen molar-refractivity contribution in [3.8, 4) is 0 Å². The van der Waals surface area contributed by atoms with Crippen molar-refractivity contribution in [2.24, 2.45) is 0 Å². The van der Waals surface area contributed by atoms with Crippen LogP contribution in [0.2, 0.25) is 0 Å². The SMILES string of the molecule is O=c1c2ccccc2oc2[nH]ccc12. The smallest absolute Gasteiger partial charge is 0.208 e. The van der Waals surface area contributed by atoms with E-state index in [-0.39, 0.29) is 5.43 Å². The summed E-state index contributed by atoms with van der Waals surface area (Å²) < 4.78 is 5.51. The number of nitrogens with one attached hydrogen (secondary N) is 1. The molecule has 0 amide bonds. The summed E-state index contributed by atoms with van der Waals surface area (Å²) in [6.45, 7) is 0. The number of fused-ring (bicyclic) bond motifs is 2. The van der Waals surface area contributed by atoms with Crippen molar-refractivity contribution >= 4 is 22.1 Å². The molecule has 0 fully saturated rings. The Hall–Kier alpha value is -2.03. The van der Waals surface area contributed by atoms with Crippen LogP contribution in [-0.4, -0.2) is 4.98 Å². The second-order valence-corrected chi connectivity index (χ2v) is 3.15. The van der Waals surface area contributed by atoms with Gasteiger partial charge in [-0.3, -0.25) is 4.79 Å². The van der Waals surface area contributed by atoms with Crippen molar-refractivity contribution in [2.75, 3.05) is 0 Å². The fourth-order valence-electron chi connectivity index (χ4n) is 1.62. The van der Waals surface area contributed by atoms with Crippen LogP contribution in [0.25, 0.3) is 22.1 Å². The van der Waals surface area contributed by atoms with E-state index in [9.17, 15) is 4.79 Å². The average molecular weight is 185 g/mol. The highest BCUT2D eigenvalue weighted by molar-refractivity contribution is 5.88. The summed E-state index contributed by atoms with van der Waals surface area (Å²) in [7, 11) is 0. The van der Waals surface area contributed by atoms with E-state index in [4.69, 9.17) is 4.42 Å². The first-order valence-corrected chi connectivity index (χ1v) is 4.35. The molecule has 0 saturated heterocycles. The lowest BCUT2D eigenvalue weighted by Gasteiger charge is -1.95. The summed E-state index contributed by atoms with van der Waals surface area (Å²) in [6.07, 6.45) is 1.70. The van der Waals surface area contributed by atoms with Crippen molar-refractivity contribution in [3.63, 3.8) is 0 Å². The Balaban J connectivity index is 2.70. The molecule has 1 N–H and O–H groups in total. The van der Waals surface area contributed by atoms with E-state index < -0.39 is 0 Å². The monoisotopic (exact) mass is 185 g/mol. The summed E-state index contributed by atoms with van der Waals surface area (Å²) in [6, 6.07) is 8.97. The number of rotatable bonds is 0. The van der Waals surface area contributed by atoms with Crippen LogP contribution in [0.15, 0.2) is 45.7 Å². The molecule has 0 unspecified atom stereocenters. The zero-order chi connectivity index (χ0) is 9.54. The van der Waals surface area contributed by atoms with Crippen LogP contribution >= 0.6 is 0 Å². The van der Waals surface area contributed by atoms with Gasteiger partial charge in [-0.25, -0.2) is 0 Å². The Morgan fingerprint density at radius 3 is 2.86 bits per heavy atom. The maximum Gasteiger partial charge on any atom is 0.208 e. The van der Waals surface area contributed by atoms with Gasteiger partial charge in [0.2, 0.25) is 11.1 Å². The minimum Gasteiger partial charge on any atom is -0.439 e. The van der Waals surface area contributed by atoms with Gasteiger partial charge in [0.15, 0.2) is 0 Å². The van der Waals surface area contributed by atoms with Gasteiger partial charge in [-0.2, -0.15) is 0 Å². The van der Waals surface area contributed by atoms with Crippen LogP contribution < -0.4 is 5.43 Å². The molecular weight excluding hydrogens is 178 g/mol. The number of H-pyrrole nitrogens is 1. The Bertz CT molecular complexity index is 663. The first kappa shape index (κ1) is 7.38. The maximum absolute atomic E-state index is 11.9. The predicted molar refractivity (Wildman–Crippen MR) is 54.3 cm³/mol. The quantitative estimate of drug-likeness (QED) is 0.584. The molecule has 3 aromatic rings. The normalized spacial score (nSPS) is 11.1. The van der Waals surface area contributed by atoms with Gasteiger partial charge in [0, 0.05) is 6.20 Å². The molecule has 0 atom stereocenters. The Morgan fingerprint density at radius 1 is 1.07 bits per heavy atom. The first-order valence-electron chi connectivity index (χ1n) is 4.35. The van der Waals surface area contributed by atoms with Gasteiger partial charge >= 0.3 is 0 Å². The zero-order valence-electron chi connectivity index (χ0n) is 7.28. The van der Waals surface area contributed by atoms with E-state index in [0.29, 0.717) is 22.1 Å². The molecule has 3 nitrogen and oxygen atoms in total. The molecule has 3 heteroatoms. The van der Waals surface area contributed by atoms with E-state index in [0.717, 1.165) is 0 Å². The van der Waals surface area contributed by atoms with Crippen LogP contribution in [0, 0.1) is 0 Å². The zero-order valence-corrected chi connectivity index (χ0v) is 7.28. The number of hydrogen-bond donors (Lipinski definition) is 1. The highest BCUT2D eigenvalue weighted by Crippen LogP contribution is 2.16. The van der Waals surface area contributed by atoms with E-state index in [2.05, 4.69) is 4.98 Å². The Morgan fingerprint density at radius 2 is 1.93 bits per heavy atom. The second kappa shape index (κ2) is 2.48. The standard InChI is InChI=1S/C11H7NO2/c13-10-7-3-1-2-4-9(7)14-11-8(10)5-6-12-11/h1-6,12H. The lowest BCUT2D eigenvalue weighted by molar-refractivity contribution is 0.647. The van der Waals surface area contributed by atoms with Crippen molar-refractivity contribution < 1.29 is 4.42 Å². The molecule has 0 bridgehead atoms. The van der Waals surface area contributed by atoms with Gasteiger partial charge in [-0.1, -0.05) is 12.1 Å². The number of para-hydroxylation sites is 1. The molecule has 68 valence electrons. The lowest BCUT2D eigenvalue weighted by Crippen LogP contribution is -1.99. The van der Waals surface area contributed by atoms with Crippen LogP contribution in [0.5, 0.6) is 0 Å². The number of aromatic amines is 1. The fraction of sp³-hybridized carbons (Fsp3) is 0. The lowest BCUT2D eigenvalue weighted by atomic mass is 10.2. The van der Waals surface area contributed by atoms with E-state index >= 15 is 0 Å². The van der Waals surface area contributed by atoms with Gasteiger partial charge in [-0.15, -0.1) is 0 Å². The average Bonchev–Trinajstić information content (AvgIpc) is 2.66. The molecule has 0 aliphatic rings. The molecule has 0 aliphatic carbocycles. The van der Waals surface area contributed by atoms with Crippen molar-refractivity contribution in [2.45, 2.75) is 0 Å². The third-order valence-corrected chi connectivity index (χ3v) is 2.30. The molecule has 14 heavy (non-hydrogen) atoms. The van der Waals surface area contributed by atoms with Gasteiger partial charge in [0.05, 0.1) is 10.8 Å². The molecule has 3 rings (SSSR count). The minimum absolute atomic E-state index is 0.0168. The largest absolute Gasteiger partial charge is 0.439 e. The summed E-state index contributed by atoms with van der Waals surface area (Å²) in [4.78, 5) is 14.8. The Kier molecular flexibility index (Phi) is 1.31. The molecule has 2 aromatic heterocycles. The van der Waals surface area contributed by atoms with E-state index in [1.807, 2.05) is 12.1 Å². The second-order valence-electron chi connectivity index (χ2n) is 3.15. The van der Waals surface area contributed by atoms with Gasteiger partial charge < -0.3 is 9.40 Å². The summed E-state index contributed by atoms with van der Waals surface area (Å²) in [5.41, 5.74) is 1.17. The molecule has 0 radical (unpaired) electrons. The third kappa shape index (κ3) is 0.836. The maximum atomic E-state index is 11.9. The molecular formula is C11H7NO2.